The molecule has 0 aliphatic carbocycles. The first-order chi connectivity index (χ1) is 14.1. The highest BCUT2D eigenvalue weighted by Crippen LogP contribution is 2.15. The monoisotopic (exact) mass is 451 g/mol. The van der Waals surface area contributed by atoms with Gasteiger partial charge >= 0.3 is 0 Å². The Labute approximate surface area is 182 Å². The molecule has 0 saturated heterocycles. The number of nitrogens with zero attached hydrogens (tertiary/aromatic N) is 2. The maximum absolute atomic E-state index is 13.1. The van der Waals surface area contributed by atoms with Crippen molar-refractivity contribution in [2.24, 2.45) is 0 Å². The van der Waals surface area contributed by atoms with E-state index in [2.05, 4.69) is 5.32 Å². The second-order valence-corrected chi connectivity index (χ2v) is 9.37. The standard InChI is InChI=1S/C21H26ClN3O4S/c1-16(21(27)23-2)25(14-18-9-11-19(22)12-10-18)20(26)15-24(30(3,28)29)13-17-7-5-4-6-8-17/h4-12,16H,13-15H2,1-3H3,(H,23,27)/t16-/m1/s1. The molecule has 0 spiro atoms. The van der Waals surface area contributed by atoms with Crippen molar-refractivity contribution in [1.29, 1.82) is 0 Å². The predicted octanol–water partition coefficient (Wildman–Crippen LogP) is 2.26. The van der Waals surface area contributed by atoms with Gasteiger partial charge in [0, 0.05) is 25.2 Å². The number of amides is 2. The van der Waals surface area contributed by atoms with E-state index >= 15 is 0 Å². The van der Waals surface area contributed by atoms with Crippen molar-refractivity contribution in [3.05, 3.63) is 70.7 Å². The lowest BCUT2D eigenvalue weighted by Gasteiger charge is -2.30. The molecule has 162 valence electrons. The van der Waals surface area contributed by atoms with Gasteiger partial charge in [-0.25, -0.2) is 8.42 Å². The number of hydrogen-bond donors (Lipinski definition) is 1. The predicted molar refractivity (Wildman–Crippen MR) is 117 cm³/mol. The molecule has 0 unspecified atom stereocenters. The van der Waals surface area contributed by atoms with Crippen molar-refractivity contribution in [3.63, 3.8) is 0 Å². The molecule has 0 bridgehead atoms. The molecule has 2 amide bonds. The summed E-state index contributed by atoms with van der Waals surface area (Å²) in [6.07, 6.45) is 1.06. The summed E-state index contributed by atoms with van der Waals surface area (Å²) in [6.45, 7) is 1.44. The summed E-state index contributed by atoms with van der Waals surface area (Å²) in [6, 6.07) is 15.2. The molecule has 2 aromatic carbocycles. The summed E-state index contributed by atoms with van der Waals surface area (Å²) < 4.78 is 25.7. The van der Waals surface area contributed by atoms with Crippen LogP contribution in [0.4, 0.5) is 0 Å². The highest BCUT2D eigenvalue weighted by molar-refractivity contribution is 7.88. The Morgan fingerprint density at radius 1 is 1.00 bits per heavy atom. The zero-order chi connectivity index (χ0) is 22.3. The smallest absolute Gasteiger partial charge is 0.242 e. The van der Waals surface area contributed by atoms with E-state index in [1.807, 2.05) is 6.07 Å². The Morgan fingerprint density at radius 2 is 1.57 bits per heavy atom. The lowest BCUT2D eigenvalue weighted by molar-refractivity contribution is -0.140. The van der Waals surface area contributed by atoms with Crippen LogP contribution in [-0.4, -0.2) is 55.3 Å². The third kappa shape index (κ3) is 6.83. The maximum Gasteiger partial charge on any atom is 0.242 e. The van der Waals surface area contributed by atoms with E-state index in [0.717, 1.165) is 21.7 Å². The van der Waals surface area contributed by atoms with Crippen LogP contribution in [0.15, 0.2) is 54.6 Å². The summed E-state index contributed by atoms with van der Waals surface area (Å²) >= 11 is 5.92. The lowest BCUT2D eigenvalue weighted by atomic mass is 10.1. The van der Waals surface area contributed by atoms with E-state index in [1.54, 1.807) is 55.5 Å². The van der Waals surface area contributed by atoms with Crippen LogP contribution in [0.25, 0.3) is 0 Å². The summed E-state index contributed by atoms with van der Waals surface area (Å²) in [4.78, 5) is 26.7. The number of nitrogens with one attached hydrogen (secondary N) is 1. The molecule has 0 aliphatic rings. The summed E-state index contributed by atoms with van der Waals surface area (Å²) in [5.41, 5.74) is 1.54. The third-order valence-corrected chi connectivity index (χ3v) is 6.11. The molecular formula is C21H26ClN3O4S. The molecule has 2 aromatic rings. The second kappa shape index (κ2) is 10.6. The molecule has 2 rings (SSSR count). The highest BCUT2D eigenvalue weighted by Gasteiger charge is 2.29. The Bertz CT molecular complexity index is 966. The Balaban J connectivity index is 2.27. The molecule has 30 heavy (non-hydrogen) atoms. The van der Waals surface area contributed by atoms with Crippen molar-refractivity contribution in [2.45, 2.75) is 26.1 Å². The topological polar surface area (TPSA) is 86.8 Å². The molecule has 0 aromatic heterocycles. The zero-order valence-corrected chi connectivity index (χ0v) is 18.8. The van der Waals surface area contributed by atoms with Crippen LogP contribution in [0.2, 0.25) is 5.02 Å². The van der Waals surface area contributed by atoms with E-state index in [0.29, 0.717) is 5.02 Å². The number of carbonyl (C=O) groups is 2. The number of likely N-dealkylation sites (N-methyl/N-ethyl adjacent to an activating group) is 1. The molecule has 9 heteroatoms. The minimum atomic E-state index is -3.65. The van der Waals surface area contributed by atoms with Gasteiger partial charge in [0.05, 0.1) is 12.8 Å². The summed E-state index contributed by atoms with van der Waals surface area (Å²) in [5.74, 6) is -0.811. The molecular weight excluding hydrogens is 426 g/mol. The SMILES string of the molecule is CNC(=O)[C@@H](C)N(Cc1ccc(Cl)cc1)C(=O)CN(Cc1ccccc1)S(C)(=O)=O. The number of rotatable bonds is 9. The molecule has 7 nitrogen and oxygen atoms in total. The average molecular weight is 452 g/mol. The molecule has 0 radical (unpaired) electrons. The first-order valence-corrected chi connectivity index (χ1v) is 11.6. The van der Waals surface area contributed by atoms with Crippen LogP contribution < -0.4 is 5.32 Å². The van der Waals surface area contributed by atoms with Crippen LogP contribution >= 0.6 is 11.6 Å². The van der Waals surface area contributed by atoms with Crippen molar-refractivity contribution >= 4 is 33.4 Å². The van der Waals surface area contributed by atoms with Crippen LogP contribution in [0, 0.1) is 0 Å². The Kier molecular flexibility index (Phi) is 8.40. The summed E-state index contributed by atoms with van der Waals surface area (Å²) in [7, 11) is -2.17. The molecule has 0 fully saturated rings. The van der Waals surface area contributed by atoms with Crippen molar-refractivity contribution in [3.8, 4) is 0 Å². The average Bonchev–Trinajstić information content (AvgIpc) is 2.71. The Morgan fingerprint density at radius 3 is 2.10 bits per heavy atom. The fraction of sp³-hybridized carbons (Fsp3) is 0.333. The lowest BCUT2D eigenvalue weighted by Crippen LogP contribution is -2.50. The quantitative estimate of drug-likeness (QED) is 0.633. The minimum absolute atomic E-state index is 0.0640. The van der Waals surface area contributed by atoms with E-state index in [4.69, 9.17) is 11.6 Å². The number of sulfonamides is 1. The Hall–Kier alpha value is -2.42. The molecule has 0 aliphatic heterocycles. The van der Waals surface area contributed by atoms with Crippen LogP contribution in [0.1, 0.15) is 18.1 Å². The van der Waals surface area contributed by atoms with E-state index in [1.165, 1.54) is 11.9 Å². The third-order valence-electron chi connectivity index (χ3n) is 4.66. The van der Waals surface area contributed by atoms with E-state index in [-0.39, 0.29) is 25.5 Å². The molecule has 1 atom stereocenters. The number of hydrogen-bond acceptors (Lipinski definition) is 4. The van der Waals surface area contributed by atoms with Gasteiger partial charge in [-0.15, -0.1) is 0 Å². The van der Waals surface area contributed by atoms with E-state index < -0.39 is 22.0 Å². The first kappa shape index (κ1) is 23.9. The van der Waals surface area contributed by atoms with Gasteiger partial charge in [0.1, 0.15) is 6.04 Å². The maximum atomic E-state index is 13.1. The highest BCUT2D eigenvalue weighted by atomic mass is 35.5. The van der Waals surface area contributed by atoms with Crippen LogP contribution in [0.3, 0.4) is 0 Å². The van der Waals surface area contributed by atoms with Gasteiger partial charge in [0.2, 0.25) is 21.8 Å². The molecule has 0 saturated carbocycles. The van der Waals surface area contributed by atoms with Gasteiger partial charge < -0.3 is 10.2 Å². The van der Waals surface area contributed by atoms with Gasteiger partial charge in [0.25, 0.3) is 0 Å². The normalized spacial score (nSPS) is 12.4. The zero-order valence-electron chi connectivity index (χ0n) is 17.2. The van der Waals surface area contributed by atoms with Crippen LogP contribution in [0.5, 0.6) is 0 Å². The van der Waals surface area contributed by atoms with Gasteiger partial charge in [-0.3, -0.25) is 9.59 Å². The van der Waals surface area contributed by atoms with Gasteiger partial charge in [-0.2, -0.15) is 4.31 Å². The largest absolute Gasteiger partial charge is 0.357 e. The van der Waals surface area contributed by atoms with Crippen molar-refractivity contribution < 1.29 is 18.0 Å². The van der Waals surface area contributed by atoms with Gasteiger partial charge in [-0.1, -0.05) is 54.1 Å². The van der Waals surface area contributed by atoms with Crippen LogP contribution in [-0.2, 0) is 32.7 Å². The van der Waals surface area contributed by atoms with Crippen molar-refractivity contribution in [1.82, 2.24) is 14.5 Å². The first-order valence-electron chi connectivity index (χ1n) is 9.36. The fourth-order valence-corrected chi connectivity index (χ4v) is 3.75. The van der Waals surface area contributed by atoms with Gasteiger partial charge in [0.15, 0.2) is 0 Å². The summed E-state index contributed by atoms with van der Waals surface area (Å²) in [5, 5.41) is 3.09. The number of benzene rings is 2. The number of halogens is 1. The number of carbonyl (C=O) groups excluding carboxylic acids is 2. The molecule has 0 heterocycles. The van der Waals surface area contributed by atoms with Gasteiger partial charge in [-0.05, 0) is 30.2 Å². The van der Waals surface area contributed by atoms with E-state index in [9.17, 15) is 18.0 Å². The second-order valence-electron chi connectivity index (χ2n) is 6.95. The molecule has 1 N–H and O–H groups in total. The minimum Gasteiger partial charge on any atom is -0.357 e. The van der Waals surface area contributed by atoms with Crippen molar-refractivity contribution in [2.75, 3.05) is 19.8 Å². The fourth-order valence-electron chi connectivity index (χ4n) is 2.90.